The van der Waals surface area contributed by atoms with E-state index in [-0.39, 0.29) is 86.7 Å². The molecule has 0 aromatic heterocycles. The van der Waals surface area contributed by atoms with Gasteiger partial charge in [0.2, 0.25) is 0 Å². The summed E-state index contributed by atoms with van der Waals surface area (Å²) in [5.41, 5.74) is 0. The van der Waals surface area contributed by atoms with Gasteiger partial charge in [0, 0.05) is 12.7 Å². The van der Waals surface area contributed by atoms with Crippen LogP contribution in [0.25, 0.3) is 0 Å². The summed E-state index contributed by atoms with van der Waals surface area (Å²) in [6.07, 6.45) is 4.66. The Labute approximate surface area is 236 Å². The molecule has 0 rings (SSSR count). The van der Waals surface area contributed by atoms with Crippen LogP contribution in [0.5, 0.6) is 0 Å². The first kappa shape index (κ1) is 43.9. The smallest absolute Gasteiger partial charge is 0.756 e. The van der Waals surface area contributed by atoms with Crippen LogP contribution in [-0.4, -0.2) is 53.0 Å². The average molecular weight is 481 g/mol. The molecule has 0 aliphatic carbocycles. The fourth-order valence-electron chi connectivity index (χ4n) is 1.55. The maximum atomic E-state index is 10.1. The first-order valence-electron chi connectivity index (χ1n) is 8.55. The quantitative estimate of drug-likeness (QED) is 0.144. The number of hydrogen-bond donors (Lipinski definition) is 2. The van der Waals surface area contributed by atoms with Crippen LogP contribution in [0.4, 0.5) is 0 Å². The van der Waals surface area contributed by atoms with Crippen LogP contribution in [0.3, 0.4) is 0 Å². The first-order chi connectivity index (χ1) is 11.8. The van der Waals surface area contributed by atoms with Crippen molar-refractivity contribution in [3.63, 3.8) is 0 Å². The number of nitrogens with zero attached hydrogens (tertiary/aromatic N) is 2. The van der Waals surface area contributed by atoms with Crippen LogP contribution in [0.2, 0.25) is 0 Å². The molecule has 0 fully saturated rings. The van der Waals surface area contributed by atoms with Crippen LogP contribution in [-0.2, 0) is 14.7 Å². The largest absolute Gasteiger partial charge is 1.00 e. The van der Waals surface area contributed by atoms with Crippen molar-refractivity contribution >= 4 is 17.9 Å². The molecule has 160 valence electrons. The van der Waals surface area contributed by atoms with Crippen molar-refractivity contribution < 1.29 is 113 Å². The summed E-state index contributed by atoms with van der Waals surface area (Å²) in [6.45, 7) is 13.6. The van der Waals surface area contributed by atoms with Gasteiger partial charge in [-0.15, -0.1) is 0 Å². The van der Waals surface area contributed by atoms with Crippen molar-refractivity contribution in [1.82, 2.24) is 4.90 Å². The van der Waals surface area contributed by atoms with Crippen molar-refractivity contribution in [3.05, 3.63) is 0 Å². The van der Waals surface area contributed by atoms with Crippen molar-refractivity contribution in [3.8, 4) is 6.07 Å². The molecule has 0 aromatic rings. The Morgan fingerprint density at radius 3 is 1.46 bits per heavy atom. The number of unbranched alkanes of at least 4 members (excludes halogenated alkanes) is 4. The van der Waals surface area contributed by atoms with Gasteiger partial charge in [0.15, 0.2) is 0 Å². The van der Waals surface area contributed by atoms with E-state index in [1.165, 1.54) is 26.6 Å². The third-order valence-electron chi connectivity index (χ3n) is 2.84. The van der Waals surface area contributed by atoms with Crippen LogP contribution in [0.15, 0.2) is 0 Å². The number of hydrogen-bond acceptors (Lipinski definition) is 7. The Morgan fingerprint density at radius 1 is 1.00 bits per heavy atom. The van der Waals surface area contributed by atoms with Gasteiger partial charge in [-0.1, -0.05) is 53.4 Å². The molecule has 0 saturated carbocycles. The summed E-state index contributed by atoms with van der Waals surface area (Å²) in [4.78, 5) is 25.3. The van der Waals surface area contributed by atoms with Crippen molar-refractivity contribution in [2.75, 3.05) is 25.4 Å². The van der Waals surface area contributed by atoms with E-state index in [2.05, 4.69) is 32.6 Å². The van der Waals surface area contributed by atoms with Gasteiger partial charge in [0.1, 0.15) is 0 Å². The summed E-state index contributed by atoms with van der Waals surface area (Å²) >= 11 is 0. The predicted octanol–water partition coefficient (Wildman–Crippen LogP) is -4.17. The van der Waals surface area contributed by atoms with E-state index in [0.717, 1.165) is 25.7 Å². The third-order valence-corrected chi connectivity index (χ3v) is 3.63. The molecule has 28 heavy (non-hydrogen) atoms. The molecule has 0 aliphatic rings. The molecule has 0 aromatic carbocycles. The second-order valence-corrected chi connectivity index (χ2v) is 7.51. The minimum atomic E-state index is -4.89. The Hall–Kier alpha value is 2.11. The van der Waals surface area contributed by atoms with E-state index in [1.54, 1.807) is 6.07 Å². The molecule has 0 bridgehead atoms. The molecule has 0 spiro atoms. The zero-order chi connectivity index (χ0) is 21.6. The van der Waals surface area contributed by atoms with Gasteiger partial charge in [0.25, 0.3) is 7.82 Å². The first-order valence-corrected chi connectivity index (χ1v) is 11.7. The van der Waals surface area contributed by atoms with E-state index < -0.39 is 17.9 Å². The normalized spacial score (nSPS) is 9.61. The average Bonchev–Trinajstić information content (AvgIpc) is 2.47. The van der Waals surface area contributed by atoms with Gasteiger partial charge in [-0.2, -0.15) is 5.26 Å². The molecule has 0 amide bonds. The van der Waals surface area contributed by atoms with Crippen LogP contribution >= 0.6 is 7.82 Å². The Balaban J connectivity index is -0.0000000620. The predicted molar refractivity (Wildman–Crippen MR) is 100 cm³/mol. The van der Waals surface area contributed by atoms with E-state index in [1.807, 2.05) is 0 Å². The molecule has 0 radical (unpaired) electrons. The fraction of sp³-hybridized carbons (Fsp3) is 0.933. The third kappa shape index (κ3) is 79.6. The zero-order valence-electron chi connectivity index (χ0n) is 18.5. The van der Waals surface area contributed by atoms with Gasteiger partial charge >= 0.3 is 80.9 Å². The van der Waals surface area contributed by atoms with Crippen molar-refractivity contribution in [2.24, 2.45) is 0 Å². The van der Waals surface area contributed by atoms with Crippen LogP contribution in [0.1, 0.15) is 66.7 Å². The van der Waals surface area contributed by atoms with Gasteiger partial charge in [-0.05, 0) is 26.1 Å². The molecule has 0 saturated heterocycles. The second-order valence-electron chi connectivity index (χ2n) is 5.01. The zero-order valence-corrected chi connectivity index (χ0v) is 25.4. The summed E-state index contributed by atoms with van der Waals surface area (Å²) in [5.74, 6) is -0.198. The number of rotatable bonds is 9. The van der Waals surface area contributed by atoms with Gasteiger partial charge in [0.05, 0.1) is 16.2 Å². The summed E-state index contributed by atoms with van der Waals surface area (Å²) in [6, 6.07) is 1.75. The summed E-state index contributed by atoms with van der Waals surface area (Å²) in [5, 5.41) is 7.32. The van der Waals surface area contributed by atoms with E-state index in [4.69, 9.17) is 24.5 Å². The number of phosphoric acid groups is 1. The molecule has 13 heteroatoms. The standard InChI is InChI=1S/C7H16O3S.C6H15N.C2H3N.K.Na.H3O4P/c1-2-3-4-5-6-7-11(8,9)10;1-4-7(5-2)6-3;1-2-3;;;1-5(2,3)4/h2-7H2,1H3,(H,8,9,10);4-6H2,1-3H3;1H3;;;(H3,1,2,3,4)/q;;;2*+1;/p-2. The molecule has 0 unspecified atom stereocenters. The molecular formula is C15H35KN2NaO7PS. The Bertz CT molecular complexity index is 456. The summed E-state index contributed by atoms with van der Waals surface area (Å²) in [7, 11) is -8.85. The maximum Gasteiger partial charge on any atom is 1.00 e. The summed E-state index contributed by atoms with van der Waals surface area (Å²) < 4.78 is 39.1. The molecule has 0 atom stereocenters. The SMILES string of the molecule is CC#N.CCCCCCCS(=O)(=O)[O-].CCN(CC)CC.O=P([O-])(O)O.[K+].[Na+]. The Kier molecular flexibility index (Phi) is 49.1. The van der Waals surface area contributed by atoms with E-state index in [9.17, 15) is 13.0 Å². The molecule has 0 aliphatic heterocycles. The fourth-order valence-corrected chi connectivity index (χ4v) is 2.11. The second kappa shape index (κ2) is 31.3. The van der Waals surface area contributed by atoms with Crippen LogP contribution < -0.4 is 85.8 Å². The monoisotopic (exact) mass is 480 g/mol. The van der Waals surface area contributed by atoms with Crippen molar-refractivity contribution in [2.45, 2.75) is 66.7 Å². The van der Waals surface area contributed by atoms with Gasteiger partial charge < -0.3 is 24.1 Å². The molecule has 2 N–H and O–H groups in total. The Morgan fingerprint density at radius 2 is 1.29 bits per heavy atom. The van der Waals surface area contributed by atoms with Crippen molar-refractivity contribution in [1.29, 1.82) is 5.26 Å². The van der Waals surface area contributed by atoms with E-state index in [0.29, 0.717) is 6.42 Å². The van der Waals surface area contributed by atoms with Gasteiger partial charge in [-0.25, -0.2) is 8.42 Å². The minimum absolute atomic E-state index is 0. The van der Waals surface area contributed by atoms with E-state index >= 15 is 0 Å². The van der Waals surface area contributed by atoms with Crippen LogP contribution in [0, 0.1) is 11.3 Å². The topological polar surface area (TPSA) is 165 Å². The molecule has 0 heterocycles. The molecular weight excluding hydrogens is 445 g/mol. The number of nitriles is 1. The van der Waals surface area contributed by atoms with Gasteiger partial charge in [-0.3, -0.25) is 4.57 Å². The minimum Gasteiger partial charge on any atom is -0.756 e. The molecule has 9 nitrogen and oxygen atoms in total. The maximum absolute atomic E-state index is 10.1.